The highest BCUT2D eigenvalue weighted by Gasteiger charge is 2.33. The standard InChI is InChI=1S/C12H18.C8H2F5NO2/c1-7-8(2)10(4)12(6)11(5)9(7)3;1-2(9)3-4(10)6(12)7(13)8(5(3)11)14(15)16/h1-6H3;1H2. The third-order valence-electron chi connectivity index (χ3n) is 5.07. The number of benzene rings is 2. The van der Waals surface area contributed by atoms with Crippen LogP contribution in [-0.2, 0) is 0 Å². The van der Waals surface area contributed by atoms with E-state index in [1.165, 1.54) is 33.4 Å². The molecule has 0 N–H and O–H groups in total. The zero-order chi connectivity index (χ0) is 22.1. The van der Waals surface area contributed by atoms with Gasteiger partial charge in [0.15, 0.2) is 5.82 Å². The summed E-state index contributed by atoms with van der Waals surface area (Å²) in [6.45, 7) is 15.7. The summed E-state index contributed by atoms with van der Waals surface area (Å²) in [7, 11) is 0. The fourth-order valence-corrected chi connectivity index (χ4v) is 2.71. The zero-order valence-corrected chi connectivity index (χ0v) is 16.4. The Morgan fingerprint density at radius 2 is 1.04 bits per heavy atom. The van der Waals surface area contributed by atoms with Gasteiger partial charge in [0, 0.05) is 0 Å². The molecule has 2 rings (SSSR count). The van der Waals surface area contributed by atoms with Gasteiger partial charge in [-0.1, -0.05) is 6.58 Å². The quantitative estimate of drug-likeness (QED) is 0.186. The van der Waals surface area contributed by atoms with E-state index in [0.29, 0.717) is 0 Å². The molecule has 0 saturated carbocycles. The van der Waals surface area contributed by atoms with E-state index in [2.05, 4.69) is 48.1 Å². The second-order valence-corrected chi connectivity index (χ2v) is 6.39. The molecular weight excluding hydrogens is 381 g/mol. The molecule has 2 aromatic carbocycles. The van der Waals surface area contributed by atoms with Crippen molar-refractivity contribution in [1.29, 1.82) is 0 Å². The maximum atomic E-state index is 13.1. The lowest BCUT2D eigenvalue weighted by Crippen LogP contribution is -2.06. The molecule has 0 aromatic heterocycles. The summed E-state index contributed by atoms with van der Waals surface area (Å²) < 4.78 is 63.9. The van der Waals surface area contributed by atoms with Gasteiger partial charge in [0.05, 0.1) is 10.5 Å². The summed E-state index contributed by atoms with van der Waals surface area (Å²) in [6, 6.07) is 0. The van der Waals surface area contributed by atoms with E-state index in [1.54, 1.807) is 0 Å². The van der Waals surface area contributed by atoms with Crippen LogP contribution in [0.4, 0.5) is 27.6 Å². The molecule has 0 aliphatic heterocycles. The van der Waals surface area contributed by atoms with E-state index >= 15 is 0 Å². The van der Waals surface area contributed by atoms with Gasteiger partial charge < -0.3 is 0 Å². The van der Waals surface area contributed by atoms with Gasteiger partial charge in [0.2, 0.25) is 17.5 Å². The lowest BCUT2D eigenvalue weighted by molar-refractivity contribution is -0.390. The number of hydrogen-bond donors (Lipinski definition) is 0. The summed E-state index contributed by atoms with van der Waals surface area (Å²) in [5.41, 5.74) is 5.07. The summed E-state index contributed by atoms with van der Waals surface area (Å²) in [4.78, 5) is 8.54. The molecule has 0 bridgehead atoms. The largest absolute Gasteiger partial charge is 0.344 e. The molecule has 3 nitrogen and oxygen atoms in total. The lowest BCUT2D eigenvalue weighted by Gasteiger charge is -2.15. The van der Waals surface area contributed by atoms with E-state index in [0.717, 1.165) is 0 Å². The molecule has 0 saturated heterocycles. The molecule has 0 spiro atoms. The number of halogens is 5. The number of rotatable bonds is 2. The van der Waals surface area contributed by atoms with Crippen molar-refractivity contribution in [3.8, 4) is 0 Å². The molecule has 28 heavy (non-hydrogen) atoms. The summed E-state index contributed by atoms with van der Waals surface area (Å²) in [6.07, 6.45) is 0. The first-order valence-electron chi connectivity index (χ1n) is 8.14. The van der Waals surface area contributed by atoms with Crippen LogP contribution < -0.4 is 0 Å². The highest BCUT2D eigenvalue weighted by atomic mass is 19.2. The predicted molar refractivity (Wildman–Crippen MR) is 97.9 cm³/mol. The van der Waals surface area contributed by atoms with Crippen molar-refractivity contribution in [3.63, 3.8) is 0 Å². The Bertz CT molecular complexity index is 838. The monoisotopic (exact) mass is 401 g/mol. The van der Waals surface area contributed by atoms with Crippen LogP contribution in [0.2, 0.25) is 0 Å². The van der Waals surface area contributed by atoms with Crippen molar-refractivity contribution >= 4 is 11.5 Å². The van der Waals surface area contributed by atoms with Crippen LogP contribution in [0.3, 0.4) is 0 Å². The van der Waals surface area contributed by atoms with Crippen LogP contribution in [0.15, 0.2) is 6.58 Å². The second-order valence-electron chi connectivity index (χ2n) is 6.39. The average molecular weight is 401 g/mol. The van der Waals surface area contributed by atoms with Crippen LogP contribution >= 0.6 is 0 Å². The topological polar surface area (TPSA) is 43.1 Å². The molecule has 0 amide bonds. The highest BCUT2D eigenvalue weighted by Crippen LogP contribution is 2.33. The molecule has 0 fully saturated rings. The maximum Gasteiger partial charge on any atom is 0.344 e. The number of nitro groups is 1. The number of nitrogens with zero attached hydrogens (tertiary/aromatic N) is 1. The highest BCUT2D eigenvalue weighted by molar-refractivity contribution is 5.62. The minimum atomic E-state index is -2.33. The van der Waals surface area contributed by atoms with Crippen molar-refractivity contribution in [2.24, 2.45) is 0 Å². The Morgan fingerprint density at radius 3 is 1.29 bits per heavy atom. The first-order valence-corrected chi connectivity index (χ1v) is 8.14. The van der Waals surface area contributed by atoms with Gasteiger partial charge in [0.1, 0.15) is 5.83 Å². The summed E-state index contributed by atoms with van der Waals surface area (Å²) in [5.74, 6) is -10.8. The van der Waals surface area contributed by atoms with E-state index in [1.807, 2.05) is 0 Å². The van der Waals surface area contributed by atoms with E-state index in [4.69, 9.17) is 0 Å². The molecule has 0 aliphatic carbocycles. The molecule has 0 unspecified atom stereocenters. The fourth-order valence-electron chi connectivity index (χ4n) is 2.71. The van der Waals surface area contributed by atoms with Crippen LogP contribution in [0.1, 0.15) is 38.9 Å². The van der Waals surface area contributed by atoms with Crippen LogP contribution in [0.25, 0.3) is 5.83 Å². The van der Waals surface area contributed by atoms with E-state index in [-0.39, 0.29) is 0 Å². The van der Waals surface area contributed by atoms with Crippen LogP contribution in [0.5, 0.6) is 0 Å². The van der Waals surface area contributed by atoms with Crippen LogP contribution in [0, 0.1) is 74.9 Å². The first kappa shape index (κ1) is 23.3. The zero-order valence-electron chi connectivity index (χ0n) is 16.4. The Morgan fingerprint density at radius 1 is 0.714 bits per heavy atom. The normalized spacial score (nSPS) is 10.4. The third kappa shape index (κ3) is 4.05. The molecule has 152 valence electrons. The number of hydrogen-bond acceptors (Lipinski definition) is 2. The van der Waals surface area contributed by atoms with E-state index in [9.17, 15) is 32.1 Å². The molecule has 2 aromatic rings. The summed E-state index contributed by atoms with van der Waals surface area (Å²) >= 11 is 0. The second kappa shape index (κ2) is 8.50. The lowest BCUT2D eigenvalue weighted by atomic mass is 9.90. The van der Waals surface area contributed by atoms with Gasteiger partial charge in [-0.3, -0.25) is 10.1 Å². The predicted octanol–water partition coefficient (Wildman–Crippen LogP) is 6.63. The maximum absolute atomic E-state index is 13.1. The van der Waals surface area contributed by atoms with Gasteiger partial charge in [-0.15, -0.1) is 0 Å². The number of nitro benzene ring substituents is 1. The molecule has 0 heterocycles. The molecule has 8 heteroatoms. The van der Waals surface area contributed by atoms with E-state index < -0.39 is 45.3 Å². The SMILES string of the molecule is C=C(F)c1c(F)c(F)c(F)c([N+](=O)[O-])c1F.Cc1c(C)c(C)c(C)c(C)c1C. The Kier molecular flexibility index (Phi) is 7.06. The Balaban J connectivity index is 0.000000292. The molecular formula is C20H20F5NO2. The van der Waals surface area contributed by atoms with Gasteiger partial charge in [-0.25, -0.2) is 13.2 Å². The van der Waals surface area contributed by atoms with Crippen molar-refractivity contribution in [2.75, 3.05) is 0 Å². The van der Waals surface area contributed by atoms with Gasteiger partial charge in [0.25, 0.3) is 0 Å². The van der Waals surface area contributed by atoms with Gasteiger partial charge in [-0.2, -0.15) is 8.78 Å². The van der Waals surface area contributed by atoms with Crippen molar-refractivity contribution in [2.45, 2.75) is 41.5 Å². The smallest absolute Gasteiger partial charge is 0.258 e. The Labute approximate surface area is 159 Å². The fraction of sp³-hybridized carbons (Fsp3) is 0.300. The van der Waals surface area contributed by atoms with Crippen LogP contribution in [-0.4, -0.2) is 4.92 Å². The molecule has 0 radical (unpaired) electrons. The third-order valence-corrected chi connectivity index (χ3v) is 5.07. The van der Waals surface area contributed by atoms with Crippen molar-refractivity contribution in [3.05, 3.63) is 78.9 Å². The van der Waals surface area contributed by atoms with Crippen molar-refractivity contribution < 1.29 is 26.9 Å². The Hall–Kier alpha value is -2.77. The average Bonchev–Trinajstić information content (AvgIpc) is 2.61. The minimum Gasteiger partial charge on any atom is -0.258 e. The molecule has 0 atom stereocenters. The summed E-state index contributed by atoms with van der Waals surface area (Å²) in [5, 5.41) is 10.2. The van der Waals surface area contributed by atoms with Crippen molar-refractivity contribution in [1.82, 2.24) is 0 Å². The minimum absolute atomic E-state index is 1.45. The van der Waals surface area contributed by atoms with Gasteiger partial charge in [-0.05, 0) is 74.9 Å². The molecule has 0 aliphatic rings. The van der Waals surface area contributed by atoms with Gasteiger partial charge >= 0.3 is 5.69 Å². The first-order chi connectivity index (χ1) is 12.7.